The Hall–Kier alpha value is -3.32. The quantitative estimate of drug-likeness (QED) is 0.229. The molecule has 3 aromatic carbocycles. The van der Waals surface area contributed by atoms with E-state index in [2.05, 4.69) is 20.7 Å². The van der Waals surface area contributed by atoms with Gasteiger partial charge in [0.15, 0.2) is 0 Å². The zero-order chi connectivity index (χ0) is 23.2. The highest BCUT2D eigenvalue weighted by Gasteiger charge is 2.14. The number of hydrogen-bond donors (Lipinski definition) is 2. The van der Waals surface area contributed by atoms with Crippen molar-refractivity contribution in [3.05, 3.63) is 105 Å². The fourth-order valence-electron chi connectivity index (χ4n) is 2.95. The highest BCUT2D eigenvalue weighted by molar-refractivity contribution is 6.36. The van der Waals surface area contributed by atoms with Crippen molar-refractivity contribution in [1.82, 2.24) is 15.6 Å². The lowest BCUT2D eigenvalue weighted by Gasteiger charge is -2.10. The van der Waals surface area contributed by atoms with Crippen LogP contribution in [-0.4, -0.2) is 22.3 Å². The Balaban J connectivity index is 1.44. The largest absolute Gasteiger partial charge is 0.488 e. The molecule has 6 nitrogen and oxygen atoms in total. The molecule has 4 aromatic rings. The van der Waals surface area contributed by atoms with Gasteiger partial charge in [-0.1, -0.05) is 65.1 Å². The lowest BCUT2D eigenvalue weighted by molar-refractivity contribution is 0.0950. The van der Waals surface area contributed by atoms with Gasteiger partial charge in [0, 0.05) is 21.2 Å². The average molecular weight is 500 g/mol. The highest BCUT2D eigenvalue weighted by atomic mass is 35.5. The molecular weight excluding hydrogens is 483 g/mol. The maximum atomic E-state index is 12.4. The summed E-state index contributed by atoms with van der Waals surface area (Å²) in [5.74, 6) is 0.191. The maximum absolute atomic E-state index is 12.4. The van der Waals surface area contributed by atoms with Crippen molar-refractivity contribution in [3.8, 4) is 17.0 Å². The van der Waals surface area contributed by atoms with Crippen LogP contribution in [0.5, 0.6) is 5.75 Å². The lowest BCUT2D eigenvalue weighted by atomic mass is 10.1. The van der Waals surface area contributed by atoms with Crippen LogP contribution in [0.2, 0.25) is 15.1 Å². The Kier molecular flexibility index (Phi) is 7.29. The number of aromatic nitrogens is 2. The molecule has 0 unspecified atom stereocenters. The van der Waals surface area contributed by atoms with Gasteiger partial charge in [0.05, 0.1) is 16.9 Å². The summed E-state index contributed by atoms with van der Waals surface area (Å²) in [6.07, 6.45) is 1.44. The molecule has 0 saturated carbocycles. The standard InChI is InChI=1S/C24H17Cl3N4O2/c25-17-8-5-15(6-9-17)14-33-23-4-2-1-3-19(23)21-12-22(30-29-21)24(32)31-28-13-16-7-10-18(26)11-20(16)27/h1-13H,14H2,(H,29,30)(H,31,32)/b28-13-. The van der Waals surface area contributed by atoms with E-state index >= 15 is 0 Å². The number of amides is 1. The first-order chi connectivity index (χ1) is 16.0. The van der Waals surface area contributed by atoms with Crippen LogP contribution in [0.3, 0.4) is 0 Å². The van der Waals surface area contributed by atoms with Gasteiger partial charge in [0.1, 0.15) is 18.1 Å². The van der Waals surface area contributed by atoms with E-state index in [1.807, 2.05) is 48.5 Å². The molecule has 1 heterocycles. The first-order valence-electron chi connectivity index (χ1n) is 9.80. The summed E-state index contributed by atoms with van der Waals surface area (Å²) in [5, 5.41) is 12.5. The molecule has 0 aliphatic rings. The summed E-state index contributed by atoms with van der Waals surface area (Å²) >= 11 is 17.9. The van der Waals surface area contributed by atoms with Gasteiger partial charge < -0.3 is 4.74 Å². The van der Waals surface area contributed by atoms with Gasteiger partial charge in [-0.3, -0.25) is 9.89 Å². The van der Waals surface area contributed by atoms with Gasteiger partial charge in [-0.15, -0.1) is 0 Å². The third kappa shape index (κ3) is 5.93. The number of halogens is 3. The summed E-state index contributed by atoms with van der Waals surface area (Å²) in [6.45, 7) is 0.369. The van der Waals surface area contributed by atoms with E-state index in [1.54, 1.807) is 24.3 Å². The molecule has 0 fully saturated rings. The van der Waals surface area contributed by atoms with Crippen LogP contribution in [0.25, 0.3) is 11.3 Å². The fourth-order valence-corrected chi connectivity index (χ4v) is 3.53. The monoisotopic (exact) mass is 498 g/mol. The SMILES string of the molecule is O=C(N/N=C\c1ccc(Cl)cc1Cl)c1cc(-c2ccccc2OCc2ccc(Cl)cc2)n[nH]1. The number of benzene rings is 3. The Labute approximate surface area is 205 Å². The molecule has 4 rings (SSSR count). The molecule has 0 spiro atoms. The minimum absolute atomic E-state index is 0.247. The number of hydrogen-bond acceptors (Lipinski definition) is 4. The zero-order valence-electron chi connectivity index (χ0n) is 17.1. The number of carbonyl (C=O) groups excluding carboxylic acids is 1. The molecule has 0 aliphatic carbocycles. The molecule has 0 saturated heterocycles. The lowest BCUT2D eigenvalue weighted by Crippen LogP contribution is -2.18. The minimum atomic E-state index is -0.449. The van der Waals surface area contributed by atoms with Gasteiger partial charge >= 0.3 is 0 Å². The maximum Gasteiger partial charge on any atom is 0.289 e. The van der Waals surface area contributed by atoms with E-state index < -0.39 is 5.91 Å². The van der Waals surface area contributed by atoms with E-state index in [1.165, 1.54) is 6.21 Å². The Morgan fingerprint density at radius 1 is 1.00 bits per heavy atom. The molecule has 0 atom stereocenters. The van der Waals surface area contributed by atoms with Gasteiger partial charge in [0.25, 0.3) is 5.91 Å². The van der Waals surface area contributed by atoms with Crippen LogP contribution in [0.1, 0.15) is 21.6 Å². The Morgan fingerprint density at radius 3 is 2.55 bits per heavy atom. The first-order valence-corrected chi connectivity index (χ1v) is 10.9. The van der Waals surface area contributed by atoms with Crippen molar-refractivity contribution in [2.45, 2.75) is 6.61 Å². The van der Waals surface area contributed by atoms with Crippen molar-refractivity contribution in [2.24, 2.45) is 5.10 Å². The van der Waals surface area contributed by atoms with Gasteiger partial charge in [-0.2, -0.15) is 10.2 Å². The van der Waals surface area contributed by atoms with Crippen molar-refractivity contribution >= 4 is 46.9 Å². The average Bonchev–Trinajstić information content (AvgIpc) is 3.30. The summed E-state index contributed by atoms with van der Waals surface area (Å²) in [7, 11) is 0. The molecule has 2 N–H and O–H groups in total. The molecule has 0 radical (unpaired) electrons. The van der Waals surface area contributed by atoms with E-state index in [4.69, 9.17) is 39.5 Å². The number of H-pyrrole nitrogens is 1. The molecule has 1 aromatic heterocycles. The van der Waals surface area contributed by atoms with Crippen molar-refractivity contribution in [1.29, 1.82) is 0 Å². The summed E-state index contributed by atoms with van der Waals surface area (Å²) in [5.41, 5.74) is 5.61. The number of rotatable bonds is 7. The van der Waals surface area contributed by atoms with Crippen LogP contribution in [-0.2, 0) is 6.61 Å². The molecule has 1 amide bonds. The molecule has 166 valence electrons. The summed E-state index contributed by atoms with van der Waals surface area (Å²) < 4.78 is 5.98. The minimum Gasteiger partial charge on any atom is -0.488 e. The molecule has 0 aliphatic heterocycles. The number of aromatic amines is 1. The molecule has 33 heavy (non-hydrogen) atoms. The van der Waals surface area contributed by atoms with Crippen LogP contribution >= 0.6 is 34.8 Å². The van der Waals surface area contributed by atoms with Gasteiger partial charge in [-0.05, 0) is 48.0 Å². The number of nitrogens with one attached hydrogen (secondary N) is 2. The smallest absolute Gasteiger partial charge is 0.289 e. The molecular formula is C24H17Cl3N4O2. The number of ether oxygens (including phenoxy) is 1. The number of hydrazone groups is 1. The summed E-state index contributed by atoms with van der Waals surface area (Å²) in [4.78, 5) is 12.4. The third-order valence-corrected chi connectivity index (χ3v) is 5.44. The molecule has 9 heteroatoms. The molecule has 0 bridgehead atoms. The fraction of sp³-hybridized carbons (Fsp3) is 0.0417. The predicted molar refractivity (Wildman–Crippen MR) is 131 cm³/mol. The van der Waals surface area contributed by atoms with E-state index in [0.717, 1.165) is 11.1 Å². The first kappa shape index (κ1) is 22.9. The topological polar surface area (TPSA) is 79.4 Å². The third-order valence-electron chi connectivity index (χ3n) is 4.63. The second-order valence-electron chi connectivity index (χ2n) is 6.94. The second kappa shape index (κ2) is 10.5. The van der Waals surface area contributed by atoms with Gasteiger partial charge in [-0.25, -0.2) is 5.43 Å². The van der Waals surface area contributed by atoms with E-state index in [0.29, 0.717) is 38.7 Å². The predicted octanol–water partition coefficient (Wildman–Crippen LogP) is 6.38. The van der Waals surface area contributed by atoms with Crippen LogP contribution < -0.4 is 10.2 Å². The van der Waals surface area contributed by atoms with E-state index in [9.17, 15) is 4.79 Å². The normalized spacial score (nSPS) is 11.0. The Bertz CT molecular complexity index is 1300. The van der Waals surface area contributed by atoms with Crippen molar-refractivity contribution < 1.29 is 9.53 Å². The summed E-state index contributed by atoms with van der Waals surface area (Å²) in [6, 6.07) is 21.5. The van der Waals surface area contributed by atoms with Gasteiger partial charge in [0.2, 0.25) is 0 Å². The number of nitrogens with zero attached hydrogens (tertiary/aromatic N) is 2. The number of carbonyl (C=O) groups is 1. The second-order valence-corrected chi connectivity index (χ2v) is 8.22. The van der Waals surface area contributed by atoms with Crippen LogP contribution in [0.4, 0.5) is 0 Å². The van der Waals surface area contributed by atoms with Crippen LogP contribution in [0.15, 0.2) is 77.9 Å². The Morgan fingerprint density at radius 2 is 1.76 bits per heavy atom. The highest BCUT2D eigenvalue weighted by Crippen LogP contribution is 2.29. The van der Waals surface area contributed by atoms with Crippen LogP contribution in [0, 0.1) is 0 Å². The van der Waals surface area contributed by atoms with Crippen molar-refractivity contribution in [3.63, 3.8) is 0 Å². The zero-order valence-corrected chi connectivity index (χ0v) is 19.3. The van der Waals surface area contributed by atoms with Crippen molar-refractivity contribution in [2.75, 3.05) is 0 Å². The number of para-hydroxylation sites is 1. The van der Waals surface area contributed by atoms with E-state index in [-0.39, 0.29) is 5.69 Å².